The number of carbonyl (C=O) groups is 3. The lowest BCUT2D eigenvalue weighted by Crippen LogP contribution is -2.44. The van der Waals surface area contributed by atoms with Crippen molar-refractivity contribution in [1.29, 1.82) is 0 Å². The first-order valence-corrected chi connectivity index (χ1v) is 6.42. The number of carboxylic acid groups (broad SMARTS) is 1. The molecule has 3 N–H and O–H groups in total. The van der Waals surface area contributed by atoms with Gasteiger partial charge in [0.1, 0.15) is 0 Å². The highest BCUT2D eigenvalue weighted by atomic mass is 16.4. The first-order valence-electron chi connectivity index (χ1n) is 6.42. The van der Waals surface area contributed by atoms with Crippen LogP contribution in [0, 0.1) is 5.92 Å². The average molecular weight is 280 g/mol. The second-order valence-corrected chi connectivity index (χ2v) is 4.71. The molecule has 2 rings (SSSR count). The second kappa shape index (κ2) is 6.23. The summed E-state index contributed by atoms with van der Waals surface area (Å²) in [6.07, 6.45) is 3.36. The van der Waals surface area contributed by atoms with Gasteiger partial charge in [-0.05, 0) is 25.0 Å². The minimum Gasteiger partial charge on any atom is -0.481 e. The molecule has 1 saturated carbocycles. The van der Waals surface area contributed by atoms with Crippen molar-refractivity contribution in [1.82, 2.24) is 10.6 Å². The van der Waals surface area contributed by atoms with Crippen molar-refractivity contribution in [3.05, 3.63) is 24.2 Å². The Balaban J connectivity index is 1.78. The molecule has 1 aliphatic rings. The summed E-state index contributed by atoms with van der Waals surface area (Å²) < 4.78 is 4.89. The zero-order chi connectivity index (χ0) is 14.5. The molecule has 7 heteroatoms. The molecule has 0 radical (unpaired) electrons. The van der Waals surface area contributed by atoms with Gasteiger partial charge in [-0.25, -0.2) is 0 Å². The third-order valence-electron chi connectivity index (χ3n) is 3.33. The fourth-order valence-corrected chi connectivity index (χ4v) is 2.34. The predicted molar refractivity (Wildman–Crippen MR) is 67.9 cm³/mol. The van der Waals surface area contributed by atoms with E-state index in [4.69, 9.17) is 9.52 Å². The van der Waals surface area contributed by atoms with Gasteiger partial charge >= 0.3 is 5.97 Å². The Hall–Kier alpha value is -2.31. The van der Waals surface area contributed by atoms with Gasteiger partial charge in [-0.3, -0.25) is 14.4 Å². The summed E-state index contributed by atoms with van der Waals surface area (Å²) in [5.74, 6) is -2.19. The lowest BCUT2D eigenvalue weighted by molar-refractivity contribution is -0.142. The van der Waals surface area contributed by atoms with E-state index in [1.54, 1.807) is 6.07 Å². The van der Waals surface area contributed by atoms with Crippen LogP contribution in [-0.2, 0) is 9.59 Å². The summed E-state index contributed by atoms with van der Waals surface area (Å²) in [5.41, 5.74) is 0. The highest BCUT2D eigenvalue weighted by Crippen LogP contribution is 2.25. The Morgan fingerprint density at radius 2 is 2.15 bits per heavy atom. The molecule has 20 heavy (non-hydrogen) atoms. The molecule has 0 spiro atoms. The smallest absolute Gasteiger partial charge is 0.308 e. The van der Waals surface area contributed by atoms with Gasteiger partial charge in [-0.1, -0.05) is 6.42 Å². The standard InChI is InChI=1S/C13H16N2O5/c16-11(7-14-12(17)10-5-2-6-20-10)15-9-4-1-3-8(9)13(18)19/h2,5-6,8-9H,1,3-4,7H2,(H,14,17)(H,15,16)(H,18,19). The molecule has 1 aliphatic carbocycles. The molecule has 108 valence electrons. The van der Waals surface area contributed by atoms with Crippen molar-refractivity contribution in [3.63, 3.8) is 0 Å². The van der Waals surface area contributed by atoms with Crippen LogP contribution in [0.1, 0.15) is 29.8 Å². The predicted octanol–water partition coefficient (Wildman–Crippen LogP) is 0.379. The van der Waals surface area contributed by atoms with Crippen LogP contribution in [0.25, 0.3) is 0 Å². The Bertz CT molecular complexity index is 497. The van der Waals surface area contributed by atoms with Crippen LogP contribution in [0.5, 0.6) is 0 Å². The van der Waals surface area contributed by atoms with Crippen LogP contribution in [0.3, 0.4) is 0 Å². The van der Waals surface area contributed by atoms with E-state index in [1.165, 1.54) is 12.3 Å². The average Bonchev–Trinajstić information content (AvgIpc) is 3.06. The molecule has 1 fully saturated rings. The molecule has 2 atom stereocenters. The van der Waals surface area contributed by atoms with Crippen molar-refractivity contribution in [2.45, 2.75) is 25.3 Å². The minimum atomic E-state index is -0.896. The molecule has 0 bridgehead atoms. The van der Waals surface area contributed by atoms with Crippen molar-refractivity contribution in [2.24, 2.45) is 5.92 Å². The minimum absolute atomic E-state index is 0.127. The lowest BCUT2D eigenvalue weighted by atomic mass is 10.0. The van der Waals surface area contributed by atoms with Gasteiger partial charge in [0.15, 0.2) is 5.76 Å². The topological polar surface area (TPSA) is 109 Å². The highest BCUT2D eigenvalue weighted by Gasteiger charge is 2.33. The summed E-state index contributed by atoms with van der Waals surface area (Å²) in [6, 6.07) is 2.70. The van der Waals surface area contributed by atoms with Gasteiger partial charge in [0.2, 0.25) is 5.91 Å². The lowest BCUT2D eigenvalue weighted by Gasteiger charge is -2.17. The largest absolute Gasteiger partial charge is 0.481 e. The van der Waals surface area contributed by atoms with Crippen molar-refractivity contribution >= 4 is 17.8 Å². The van der Waals surface area contributed by atoms with Crippen LogP contribution in [0.15, 0.2) is 22.8 Å². The summed E-state index contributed by atoms with van der Waals surface area (Å²) in [5, 5.41) is 14.1. The number of amides is 2. The van der Waals surface area contributed by atoms with Gasteiger partial charge in [0.05, 0.1) is 18.7 Å². The molecular formula is C13H16N2O5. The van der Waals surface area contributed by atoms with Gasteiger partial charge in [-0.2, -0.15) is 0 Å². The van der Waals surface area contributed by atoms with Crippen LogP contribution in [0.4, 0.5) is 0 Å². The maximum absolute atomic E-state index is 11.7. The zero-order valence-electron chi connectivity index (χ0n) is 10.8. The first-order chi connectivity index (χ1) is 9.58. The Morgan fingerprint density at radius 1 is 1.35 bits per heavy atom. The van der Waals surface area contributed by atoms with Crippen LogP contribution < -0.4 is 10.6 Å². The SMILES string of the molecule is O=C(CNC(=O)c1ccco1)NC1CCCC1C(=O)O. The number of carbonyl (C=O) groups excluding carboxylic acids is 2. The van der Waals surface area contributed by atoms with Crippen molar-refractivity contribution in [2.75, 3.05) is 6.54 Å². The monoisotopic (exact) mass is 280 g/mol. The summed E-state index contributed by atoms with van der Waals surface area (Å²) in [6.45, 7) is -0.206. The van der Waals surface area contributed by atoms with E-state index in [9.17, 15) is 14.4 Å². The molecule has 0 aromatic carbocycles. The fraction of sp³-hybridized carbons (Fsp3) is 0.462. The number of hydrogen-bond acceptors (Lipinski definition) is 4. The Morgan fingerprint density at radius 3 is 2.80 bits per heavy atom. The summed E-state index contributed by atoms with van der Waals surface area (Å²) in [7, 11) is 0. The summed E-state index contributed by atoms with van der Waals surface area (Å²) in [4.78, 5) is 34.2. The molecule has 1 heterocycles. The molecule has 0 aliphatic heterocycles. The molecular weight excluding hydrogens is 264 g/mol. The zero-order valence-corrected chi connectivity index (χ0v) is 10.8. The Labute approximate surface area is 115 Å². The molecule has 7 nitrogen and oxygen atoms in total. The number of nitrogens with one attached hydrogen (secondary N) is 2. The number of hydrogen-bond donors (Lipinski definition) is 3. The third-order valence-corrected chi connectivity index (χ3v) is 3.33. The van der Waals surface area contributed by atoms with Crippen LogP contribution in [0.2, 0.25) is 0 Å². The highest BCUT2D eigenvalue weighted by molar-refractivity contribution is 5.94. The number of aliphatic carboxylic acids is 1. The molecule has 1 aromatic heterocycles. The van der Waals surface area contributed by atoms with E-state index in [0.29, 0.717) is 12.8 Å². The van der Waals surface area contributed by atoms with E-state index in [-0.39, 0.29) is 18.3 Å². The van der Waals surface area contributed by atoms with Gasteiger partial charge < -0.3 is 20.2 Å². The number of carboxylic acids is 1. The number of rotatable bonds is 5. The summed E-state index contributed by atoms with van der Waals surface area (Å²) >= 11 is 0. The van der Waals surface area contributed by atoms with E-state index < -0.39 is 23.7 Å². The van der Waals surface area contributed by atoms with E-state index in [0.717, 1.165) is 6.42 Å². The molecule has 0 saturated heterocycles. The molecule has 1 aromatic rings. The van der Waals surface area contributed by atoms with Gasteiger partial charge in [-0.15, -0.1) is 0 Å². The third kappa shape index (κ3) is 3.37. The maximum Gasteiger partial charge on any atom is 0.308 e. The molecule has 2 amide bonds. The molecule has 2 unspecified atom stereocenters. The maximum atomic E-state index is 11.7. The fourth-order valence-electron chi connectivity index (χ4n) is 2.34. The van der Waals surface area contributed by atoms with E-state index in [1.807, 2.05) is 0 Å². The second-order valence-electron chi connectivity index (χ2n) is 4.71. The first kappa shape index (κ1) is 14.1. The Kier molecular flexibility index (Phi) is 4.39. The van der Waals surface area contributed by atoms with Crippen molar-refractivity contribution < 1.29 is 23.9 Å². The quantitative estimate of drug-likeness (QED) is 0.722. The van der Waals surface area contributed by atoms with Crippen LogP contribution >= 0.6 is 0 Å². The van der Waals surface area contributed by atoms with E-state index >= 15 is 0 Å². The van der Waals surface area contributed by atoms with Crippen molar-refractivity contribution in [3.8, 4) is 0 Å². The van der Waals surface area contributed by atoms with Gasteiger partial charge in [0.25, 0.3) is 5.91 Å². The van der Waals surface area contributed by atoms with Crippen LogP contribution in [-0.4, -0.2) is 35.5 Å². The van der Waals surface area contributed by atoms with E-state index in [2.05, 4.69) is 10.6 Å². The van der Waals surface area contributed by atoms with Gasteiger partial charge in [0, 0.05) is 6.04 Å². The normalized spacial score (nSPS) is 21.4. The number of furan rings is 1.